The molecule has 4 nitrogen and oxygen atoms in total. The van der Waals surface area contributed by atoms with E-state index in [2.05, 4.69) is 53.2 Å². The van der Waals surface area contributed by atoms with Gasteiger partial charge in [0, 0.05) is 36.6 Å². The van der Waals surface area contributed by atoms with Gasteiger partial charge in [-0.3, -0.25) is 4.68 Å². The lowest BCUT2D eigenvalue weighted by Gasteiger charge is -2.10. The van der Waals surface area contributed by atoms with Gasteiger partial charge in [-0.05, 0) is 35.9 Å². The van der Waals surface area contributed by atoms with Crippen LogP contribution in [0.2, 0.25) is 0 Å². The molecule has 0 saturated heterocycles. The highest BCUT2D eigenvalue weighted by atomic mass is 15.2. The van der Waals surface area contributed by atoms with E-state index in [0.717, 1.165) is 19.4 Å². The van der Waals surface area contributed by atoms with E-state index in [9.17, 15) is 0 Å². The number of nitrogens with zero attached hydrogens (tertiary/aromatic N) is 3. The third-order valence-electron chi connectivity index (χ3n) is 3.97. The van der Waals surface area contributed by atoms with Crippen LogP contribution in [0.25, 0.3) is 10.9 Å². The smallest absolute Gasteiger partial charge is 0.0539 e. The molecule has 2 heterocycles. The van der Waals surface area contributed by atoms with Crippen molar-refractivity contribution in [2.75, 3.05) is 0 Å². The van der Waals surface area contributed by atoms with Crippen LogP contribution in [-0.2, 0) is 20.0 Å². The molecule has 3 rings (SSSR count). The van der Waals surface area contributed by atoms with Gasteiger partial charge >= 0.3 is 0 Å². The van der Waals surface area contributed by atoms with Gasteiger partial charge in [0.1, 0.15) is 0 Å². The van der Waals surface area contributed by atoms with Crippen LogP contribution < -0.4 is 5.73 Å². The summed E-state index contributed by atoms with van der Waals surface area (Å²) in [7, 11) is 1.95. The van der Waals surface area contributed by atoms with Gasteiger partial charge in [-0.25, -0.2) is 0 Å². The third kappa shape index (κ3) is 3.00. The fourth-order valence-electron chi connectivity index (χ4n) is 2.69. The molecule has 0 aliphatic heterocycles. The molecule has 4 heteroatoms. The van der Waals surface area contributed by atoms with Gasteiger partial charge in [0.05, 0.1) is 12.7 Å². The molecule has 2 aromatic heterocycles. The van der Waals surface area contributed by atoms with E-state index in [1.807, 2.05) is 17.9 Å². The molecule has 110 valence electrons. The quantitative estimate of drug-likeness (QED) is 0.782. The molecule has 0 fully saturated rings. The zero-order chi connectivity index (χ0) is 14.8. The molecule has 0 amide bonds. The van der Waals surface area contributed by atoms with Gasteiger partial charge in [0.15, 0.2) is 0 Å². The Hall–Kier alpha value is -2.07. The first-order valence-electron chi connectivity index (χ1n) is 7.46. The van der Waals surface area contributed by atoms with E-state index in [-0.39, 0.29) is 6.04 Å². The zero-order valence-corrected chi connectivity index (χ0v) is 12.7. The van der Waals surface area contributed by atoms with Gasteiger partial charge in [0.25, 0.3) is 0 Å². The summed E-state index contributed by atoms with van der Waals surface area (Å²) in [5, 5.41) is 5.50. The minimum Gasteiger partial charge on any atom is -0.343 e. The minimum absolute atomic E-state index is 0.240. The van der Waals surface area contributed by atoms with Crippen LogP contribution in [0.3, 0.4) is 0 Å². The fraction of sp³-hybridized carbons (Fsp3) is 0.353. The van der Waals surface area contributed by atoms with E-state index in [1.165, 1.54) is 22.0 Å². The maximum Gasteiger partial charge on any atom is 0.0539 e. The first-order chi connectivity index (χ1) is 10.2. The zero-order valence-electron chi connectivity index (χ0n) is 12.7. The number of hydrogen-bond donors (Lipinski definition) is 1. The Morgan fingerprint density at radius 1 is 1.24 bits per heavy atom. The van der Waals surface area contributed by atoms with E-state index in [0.29, 0.717) is 0 Å². The summed E-state index contributed by atoms with van der Waals surface area (Å²) < 4.78 is 4.11. The summed E-state index contributed by atoms with van der Waals surface area (Å²) in [4.78, 5) is 0. The van der Waals surface area contributed by atoms with Crippen molar-refractivity contribution in [2.45, 2.75) is 32.4 Å². The molecular formula is C17H22N4. The van der Waals surface area contributed by atoms with Crippen molar-refractivity contribution < 1.29 is 0 Å². The van der Waals surface area contributed by atoms with Crippen molar-refractivity contribution in [3.8, 4) is 0 Å². The number of fused-ring (bicyclic) bond motifs is 1. The van der Waals surface area contributed by atoms with E-state index < -0.39 is 0 Å². The standard InChI is InChI=1S/C17H22N4/c1-3-16(18)8-13-4-5-15-6-7-21(17(15)9-13)12-14-10-19-20(2)11-14/h4-7,9-11,16H,3,8,12,18H2,1-2H3. The van der Waals surface area contributed by atoms with Crippen LogP contribution in [0.1, 0.15) is 24.5 Å². The van der Waals surface area contributed by atoms with E-state index in [4.69, 9.17) is 5.73 Å². The average molecular weight is 282 g/mol. The maximum atomic E-state index is 6.07. The molecule has 0 aliphatic carbocycles. The largest absolute Gasteiger partial charge is 0.343 e. The van der Waals surface area contributed by atoms with Crippen molar-refractivity contribution >= 4 is 10.9 Å². The summed E-state index contributed by atoms with van der Waals surface area (Å²) >= 11 is 0. The van der Waals surface area contributed by atoms with Gasteiger partial charge in [-0.1, -0.05) is 19.1 Å². The Morgan fingerprint density at radius 3 is 2.81 bits per heavy atom. The van der Waals surface area contributed by atoms with Gasteiger partial charge < -0.3 is 10.3 Å². The highest BCUT2D eigenvalue weighted by Crippen LogP contribution is 2.20. The van der Waals surface area contributed by atoms with Gasteiger partial charge in [-0.2, -0.15) is 5.10 Å². The Labute approximate surface area is 125 Å². The number of rotatable bonds is 5. The molecule has 0 radical (unpaired) electrons. The van der Waals surface area contributed by atoms with Crippen molar-refractivity contribution in [1.82, 2.24) is 14.3 Å². The summed E-state index contributed by atoms with van der Waals surface area (Å²) in [5.74, 6) is 0. The lowest BCUT2D eigenvalue weighted by Crippen LogP contribution is -2.21. The molecule has 1 unspecified atom stereocenters. The van der Waals surface area contributed by atoms with Crippen LogP contribution in [0.5, 0.6) is 0 Å². The summed E-state index contributed by atoms with van der Waals surface area (Å²) in [6.45, 7) is 2.98. The summed E-state index contributed by atoms with van der Waals surface area (Å²) in [5.41, 5.74) is 9.86. The first kappa shape index (κ1) is 13.9. The highest BCUT2D eigenvalue weighted by Gasteiger charge is 2.06. The molecule has 1 aromatic carbocycles. The lowest BCUT2D eigenvalue weighted by atomic mass is 10.0. The molecule has 21 heavy (non-hydrogen) atoms. The van der Waals surface area contributed by atoms with Crippen molar-refractivity contribution in [3.05, 3.63) is 54.0 Å². The maximum absolute atomic E-state index is 6.07. The Bertz CT molecular complexity index is 738. The molecular weight excluding hydrogens is 260 g/mol. The van der Waals surface area contributed by atoms with Crippen LogP contribution in [0.4, 0.5) is 0 Å². The molecule has 0 aliphatic rings. The van der Waals surface area contributed by atoms with Crippen LogP contribution in [0, 0.1) is 0 Å². The Kier molecular flexibility index (Phi) is 3.80. The van der Waals surface area contributed by atoms with Crippen molar-refractivity contribution in [3.63, 3.8) is 0 Å². The lowest BCUT2D eigenvalue weighted by molar-refractivity contribution is 0.646. The SMILES string of the molecule is CCC(N)Cc1ccc2ccn(Cc3cnn(C)c3)c2c1. The predicted molar refractivity (Wildman–Crippen MR) is 86.2 cm³/mol. The number of aromatic nitrogens is 3. The third-order valence-corrected chi connectivity index (χ3v) is 3.97. The second-order valence-electron chi connectivity index (χ2n) is 5.73. The highest BCUT2D eigenvalue weighted by molar-refractivity contribution is 5.81. The number of hydrogen-bond acceptors (Lipinski definition) is 2. The summed E-state index contributed by atoms with van der Waals surface area (Å²) in [6.07, 6.45) is 8.06. The number of nitrogens with two attached hydrogens (primary N) is 1. The average Bonchev–Trinajstić information content (AvgIpc) is 3.06. The number of aryl methyl sites for hydroxylation is 1. The monoisotopic (exact) mass is 282 g/mol. The molecule has 0 bridgehead atoms. The van der Waals surface area contributed by atoms with Crippen molar-refractivity contribution in [1.29, 1.82) is 0 Å². The predicted octanol–water partition coefficient (Wildman–Crippen LogP) is 2.70. The fourth-order valence-corrected chi connectivity index (χ4v) is 2.69. The van der Waals surface area contributed by atoms with E-state index >= 15 is 0 Å². The molecule has 0 saturated carbocycles. The normalized spacial score (nSPS) is 12.9. The topological polar surface area (TPSA) is 48.8 Å². The number of benzene rings is 1. The van der Waals surface area contributed by atoms with Crippen LogP contribution in [0.15, 0.2) is 42.9 Å². The van der Waals surface area contributed by atoms with Crippen molar-refractivity contribution in [2.24, 2.45) is 12.8 Å². The van der Waals surface area contributed by atoms with Gasteiger partial charge in [0.2, 0.25) is 0 Å². The summed E-state index contributed by atoms with van der Waals surface area (Å²) in [6, 6.07) is 9.04. The van der Waals surface area contributed by atoms with Gasteiger partial charge in [-0.15, -0.1) is 0 Å². The molecule has 3 aromatic rings. The van der Waals surface area contributed by atoms with Crippen LogP contribution in [-0.4, -0.2) is 20.4 Å². The second-order valence-corrected chi connectivity index (χ2v) is 5.73. The first-order valence-corrected chi connectivity index (χ1v) is 7.46. The second kappa shape index (κ2) is 5.74. The molecule has 1 atom stereocenters. The Balaban J connectivity index is 1.90. The Morgan fingerprint density at radius 2 is 2.10 bits per heavy atom. The molecule has 2 N–H and O–H groups in total. The molecule has 0 spiro atoms. The minimum atomic E-state index is 0.240. The van der Waals surface area contributed by atoms with Crippen LogP contribution >= 0.6 is 0 Å². The van der Waals surface area contributed by atoms with E-state index in [1.54, 1.807) is 0 Å².